The Morgan fingerprint density at radius 1 is 1.25 bits per heavy atom. The summed E-state index contributed by atoms with van der Waals surface area (Å²) in [7, 11) is 0. The van der Waals surface area contributed by atoms with Crippen molar-refractivity contribution in [1.29, 1.82) is 0 Å². The number of nitrogen functional groups attached to an aromatic ring is 1. The molecular formula is C13H19BrN2. The number of rotatable bonds is 1. The monoisotopic (exact) mass is 282 g/mol. The summed E-state index contributed by atoms with van der Waals surface area (Å²) in [6, 6.07) is 6.10. The second kappa shape index (κ2) is 4.66. The highest BCUT2D eigenvalue weighted by Crippen LogP contribution is 2.32. The summed E-state index contributed by atoms with van der Waals surface area (Å²) in [5, 5.41) is 0. The van der Waals surface area contributed by atoms with Gasteiger partial charge in [-0.25, -0.2) is 0 Å². The summed E-state index contributed by atoms with van der Waals surface area (Å²) < 4.78 is 1.10. The number of hydrogen-bond donors (Lipinski definition) is 1. The van der Waals surface area contributed by atoms with Crippen molar-refractivity contribution in [1.82, 2.24) is 0 Å². The van der Waals surface area contributed by atoms with E-state index in [0.29, 0.717) is 0 Å². The first kappa shape index (κ1) is 11.8. The van der Waals surface area contributed by atoms with Gasteiger partial charge in [0.1, 0.15) is 0 Å². The van der Waals surface area contributed by atoms with Crippen molar-refractivity contribution in [2.45, 2.75) is 20.3 Å². The Morgan fingerprint density at radius 3 is 2.50 bits per heavy atom. The summed E-state index contributed by atoms with van der Waals surface area (Å²) in [5.74, 6) is 1.50. The highest BCUT2D eigenvalue weighted by Gasteiger charge is 2.23. The van der Waals surface area contributed by atoms with Crippen LogP contribution in [0, 0.1) is 11.8 Å². The van der Waals surface area contributed by atoms with Gasteiger partial charge in [0, 0.05) is 17.6 Å². The standard InChI is InChI=1S/C13H19BrN2/c1-9-5-10(2)8-16(7-9)13-6-11(14)3-4-12(13)15/h3-4,6,9-10H,5,7-8,15H2,1-2H3. The maximum absolute atomic E-state index is 6.05. The van der Waals surface area contributed by atoms with Gasteiger partial charge in [-0.15, -0.1) is 0 Å². The number of anilines is 2. The van der Waals surface area contributed by atoms with Crippen LogP contribution >= 0.6 is 15.9 Å². The van der Waals surface area contributed by atoms with Crippen LogP contribution in [0.3, 0.4) is 0 Å². The van der Waals surface area contributed by atoms with Crippen molar-refractivity contribution in [3.8, 4) is 0 Å². The van der Waals surface area contributed by atoms with E-state index in [1.165, 1.54) is 12.1 Å². The molecule has 0 spiro atoms. The predicted octanol–water partition coefficient (Wildman–Crippen LogP) is 3.51. The van der Waals surface area contributed by atoms with Gasteiger partial charge in [0.25, 0.3) is 0 Å². The van der Waals surface area contributed by atoms with Gasteiger partial charge in [-0.1, -0.05) is 29.8 Å². The molecule has 0 bridgehead atoms. The molecule has 0 saturated carbocycles. The van der Waals surface area contributed by atoms with Gasteiger partial charge in [-0.2, -0.15) is 0 Å². The van der Waals surface area contributed by atoms with E-state index in [1.807, 2.05) is 12.1 Å². The average Bonchev–Trinajstić information content (AvgIpc) is 2.20. The van der Waals surface area contributed by atoms with Crippen molar-refractivity contribution < 1.29 is 0 Å². The van der Waals surface area contributed by atoms with Crippen molar-refractivity contribution in [2.24, 2.45) is 11.8 Å². The number of nitrogens with zero attached hydrogens (tertiary/aromatic N) is 1. The molecule has 1 heterocycles. The lowest BCUT2D eigenvalue weighted by molar-refractivity contribution is 0.357. The lowest BCUT2D eigenvalue weighted by Gasteiger charge is -2.37. The molecule has 0 radical (unpaired) electrons. The first-order valence-corrected chi connectivity index (χ1v) is 6.65. The summed E-state index contributed by atoms with van der Waals surface area (Å²) in [6.45, 7) is 6.86. The molecule has 2 N–H and O–H groups in total. The number of piperidine rings is 1. The topological polar surface area (TPSA) is 29.3 Å². The molecule has 1 fully saturated rings. The second-order valence-corrected chi connectivity index (χ2v) is 5.97. The van der Waals surface area contributed by atoms with E-state index < -0.39 is 0 Å². The first-order valence-electron chi connectivity index (χ1n) is 5.86. The molecule has 0 amide bonds. The quantitative estimate of drug-likeness (QED) is 0.799. The molecule has 16 heavy (non-hydrogen) atoms. The van der Waals surface area contributed by atoms with E-state index in [-0.39, 0.29) is 0 Å². The van der Waals surface area contributed by atoms with Crippen LogP contribution in [0.2, 0.25) is 0 Å². The zero-order chi connectivity index (χ0) is 11.7. The highest BCUT2D eigenvalue weighted by atomic mass is 79.9. The summed E-state index contributed by atoms with van der Waals surface area (Å²) in [6.07, 6.45) is 1.32. The van der Waals surface area contributed by atoms with Crippen molar-refractivity contribution in [3.05, 3.63) is 22.7 Å². The maximum Gasteiger partial charge on any atom is 0.0611 e. The lowest BCUT2D eigenvalue weighted by atomic mass is 9.91. The molecule has 0 aliphatic carbocycles. The van der Waals surface area contributed by atoms with E-state index in [0.717, 1.165) is 35.1 Å². The van der Waals surface area contributed by atoms with Crippen LogP contribution < -0.4 is 10.6 Å². The first-order chi connectivity index (χ1) is 7.56. The van der Waals surface area contributed by atoms with Gasteiger partial charge < -0.3 is 10.6 Å². The largest absolute Gasteiger partial charge is 0.397 e. The van der Waals surface area contributed by atoms with Crippen LogP contribution in [0.5, 0.6) is 0 Å². The van der Waals surface area contributed by atoms with E-state index >= 15 is 0 Å². The smallest absolute Gasteiger partial charge is 0.0611 e. The molecule has 1 aromatic carbocycles. The SMILES string of the molecule is CC1CC(C)CN(c2cc(Br)ccc2N)C1. The van der Waals surface area contributed by atoms with Gasteiger partial charge >= 0.3 is 0 Å². The molecule has 3 heteroatoms. The third kappa shape index (κ3) is 2.51. The summed E-state index contributed by atoms with van der Waals surface area (Å²) in [4.78, 5) is 2.42. The third-order valence-corrected chi connectivity index (χ3v) is 3.70. The number of halogens is 1. The molecular weight excluding hydrogens is 264 g/mol. The number of nitrogens with two attached hydrogens (primary N) is 1. The van der Waals surface area contributed by atoms with Gasteiger partial charge in [0.15, 0.2) is 0 Å². The summed E-state index contributed by atoms with van der Waals surface area (Å²) in [5.41, 5.74) is 8.10. The van der Waals surface area contributed by atoms with Gasteiger partial charge in [-0.05, 0) is 36.5 Å². The van der Waals surface area contributed by atoms with E-state index in [1.54, 1.807) is 0 Å². The summed E-state index contributed by atoms with van der Waals surface area (Å²) >= 11 is 3.51. The Hall–Kier alpha value is -0.700. The fraction of sp³-hybridized carbons (Fsp3) is 0.538. The van der Waals surface area contributed by atoms with Gasteiger partial charge in [0.05, 0.1) is 11.4 Å². The third-order valence-electron chi connectivity index (χ3n) is 3.20. The molecule has 2 atom stereocenters. The van der Waals surface area contributed by atoms with Gasteiger partial charge in [0.2, 0.25) is 0 Å². The molecule has 2 nitrogen and oxygen atoms in total. The van der Waals surface area contributed by atoms with Crippen LogP contribution in [-0.2, 0) is 0 Å². The average molecular weight is 283 g/mol. The number of benzene rings is 1. The van der Waals surface area contributed by atoms with Crippen molar-refractivity contribution >= 4 is 27.3 Å². The fourth-order valence-corrected chi connectivity index (χ4v) is 3.00. The normalized spacial score (nSPS) is 25.8. The number of hydrogen-bond acceptors (Lipinski definition) is 2. The molecule has 2 unspecified atom stereocenters. The van der Waals surface area contributed by atoms with Crippen LogP contribution in [0.4, 0.5) is 11.4 Å². The zero-order valence-corrected chi connectivity index (χ0v) is 11.5. The minimum absolute atomic E-state index is 0.752. The molecule has 1 saturated heterocycles. The van der Waals surface area contributed by atoms with E-state index in [2.05, 4.69) is 40.7 Å². The second-order valence-electron chi connectivity index (χ2n) is 5.05. The van der Waals surface area contributed by atoms with Crippen LogP contribution in [0.15, 0.2) is 22.7 Å². The molecule has 1 aliphatic heterocycles. The molecule has 1 aromatic rings. The minimum Gasteiger partial charge on any atom is -0.397 e. The molecule has 88 valence electrons. The van der Waals surface area contributed by atoms with Crippen molar-refractivity contribution in [2.75, 3.05) is 23.7 Å². The Bertz CT molecular complexity index is 368. The Labute approximate surface area is 106 Å². The molecule has 2 rings (SSSR count). The zero-order valence-electron chi connectivity index (χ0n) is 9.91. The Balaban J connectivity index is 2.25. The van der Waals surface area contributed by atoms with Crippen LogP contribution in [-0.4, -0.2) is 13.1 Å². The maximum atomic E-state index is 6.05. The fourth-order valence-electron chi connectivity index (χ4n) is 2.65. The van der Waals surface area contributed by atoms with Crippen LogP contribution in [0.25, 0.3) is 0 Å². The minimum atomic E-state index is 0.752. The van der Waals surface area contributed by atoms with E-state index in [9.17, 15) is 0 Å². The Morgan fingerprint density at radius 2 is 1.88 bits per heavy atom. The lowest BCUT2D eigenvalue weighted by Crippen LogP contribution is -2.39. The predicted molar refractivity (Wildman–Crippen MR) is 73.7 cm³/mol. The van der Waals surface area contributed by atoms with Gasteiger partial charge in [-0.3, -0.25) is 0 Å². The van der Waals surface area contributed by atoms with E-state index in [4.69, 9.17) is 5.73 Å². The Kier molecular flexibility index (Phi) is 3.43. The van der Waals surface area contributed by atoms with Crippen molar-refractivity contribution in [3.63, 3.8) is 0 Å². The molecule has 1 aliphatic rings. The molecule has 0 aromatic heterocycles. The van der Waals surface area contributed by atoms with Crippen LogP contribution in [0.1, 0.15) is 20.3 Å². The highest BCUT2D eigenvalue weighted by molar-refractivity contribution is 9.10.